The molecule has 2 aromatic heterocycles. The predicted molar refractivity (Wildman–Crippen MR) is 334 cm³/mol. The molecule has 0 amide bonds. The van der Waals surface area contributed by atoms with Crippen molar-refractivity contribution in [1.29, 1.82) is 0 Å². The highest BCUT2D eigenvalue weighted by molar-refractivity contribution is 7.80. The zero-order chi connectivity index (χ0) is 53.0. The van der Waals surface area contributed by atoms with Crippen molar-refractivity contribution in [2.45, 2.75) is 126 Å². The Kier molecular flexibility index (Phi) is 17.2. The Bertz CT molecular complexity index is 2980. The summed E-state index contributed by atoms with van der Waals surface area (Å²) in [5, 5.41) is 15.9. The lowest BCUT2D eigenvalue weighted by Crippen LogP contribution is -2.45. The molecule has 2 heterocycles. The number of benzene rings is 6. The van der Waals surface area contributed by atoms with Gasteiger partial charge in [0.25, 0.3) is 0 Å². The number of nitrogens with zero attached hydrogens (tertiary/aromatic N) is 4. The van der Waals surface area contributed by atoms with Crippen molar-refractivity contribution >= 4 is 34.7 Å². The van der Waals surface area contributed by atoms with Crippen LogP contribution in [0, 0.1) is 11.8 Å². The van der Waals surface area contributed by atoms with Gasteiger partial charge >= 0.3 is 0 Å². The van der Waals surface area contributed by atoms with E-state index < -0.39 is 11.1 Å². The van der Waals surface area contributed by atoms with E-state index in [0.717, 1.165) is 61.8 Å². The van der Waals surface area contributed by atoms with E-state index in [-0.39, 0.29) is 5.71 Å². The van der Waals surface area contributed by atoms with Gasteiger partial charge < -0.3 is 30.4 Å². The molecule has 0 bridgehead atoms. The fraction of sp³-hybridized carbons (Fsp3) is 0.353. The lowest BCUT2D eigenvalue weighted by atomic mass is 9.76. The molecule has 12 rings (SSSR count). The summed E-state index contributed by atoms with van der Waals surface area (Å²) in [5.41, 5.74) is 11.5. The maximum atomic E-state index is 5.70. The molecule has 408 valence electrons. The summed E-state index contributed by atoms with van der Waals surface area (Å²) in [6, 6.07) is 66.4. The smallest absolute Gasteiger partial charge is 0.166 e. The van der Waals surface area contributed by atoms with Crippen molar-refractivity contribution in [2.75, 3.05) is 13.1 Å². The second-order valence-electron chi connectivity index (χ2n) is 22.2. The van der Waals surface area contributed by atoms with Gasteiger partial charge in [0.15, 0.2) is 10.2 Å². The van der Waals surface area contributed by atoms with Crippen LogP contribution in [0.1, 0.15) is 139 Å². The van der Waals surface area contributed by atoms with Gasteiger partial charge in [-0.1, -0.05) is 221 Å². The zero-order valence-electron chi connectivity index (χ0n) is 45.1. The Hall–Kier alpha value is -6.88. The molecule has 2 unspecified atom stereocenters. The summed E-state index contributed by atoms with van der Waals surface area (Å²) in [6.07, 6.45) is 23.2. The number of rotatable bonds is 14. The lowest BCUT2D eigenvalue weighted by molar-refractivity contribution is 0.399. The third kappa shape index (κ3) is 11.5. The van der Waals surface area contributed by atoms with E-state index in [1.807, 2.05) is 0 Å². The Balaban J connectivity index is 0.000000225. The molecule has 4 N–H and O–H groups in total. The van der Waals surface area contributed by atoms with Crippen LogP contribution in [-0.2, 0) is 36.8 Å². The second-order valence-corrected chi connectivity index (χ2v) is 23.0. The molecular weight excluding hydrogens is 993 g/mol. The van der Waals surface area contributed by atoms with Crippen molar-refractivity contribution in [3.05, 3.63) is 251 Å². The van der Waals surface area contributed by atoms with Crippen LogP contribution in [0.15, 0.2) is 195 Å². The fourth-order valence-corrected chi connectivity index (χ4v) is 13.9. The first-order chi connectivity index (χ1) is 38.5. The van der Waals surface area contributed by atoms with E-state index in [9.17, 15) is 0 Å². The molecule has 6 aromatic carbocycles. The Morgan fingerprint density at radius 3 is 1.13 bits per heavy atom. The Morgan fingerprint density at radius 1 is 0.410 bits per heavy atom. The van der Waals surface area contributed by atoms with Gasteiger partial charge in [-0.05, 0) is 134 Å². The summed E-state index contributed by atoms with van der Waals surface area (Å²) in [5.74, 6) is 1.02. The molecule has 8 aromatic rings. The van der Waals surface area contributed by atoms with Crippen molar-refractivity contribution in [1.82, 2.24) is 40.4 Å². The molecule has 0 spiro atoms. The molecule has 4 aliphatic carbocycles. The SMILES string of the molecule is S=C(NCC1CCc2c(ncn2C(c2ccccc2)(c2ccccc2)c2ccccc2)C1)NC1CCCCC1.S=C(NCC1CCc2ncn(C(c3ccccc3)(c3ccccc3)c3ccccc3)c2C1)NC1CCCCC1.[HH].[HH].[HH].[HH]. The van der Waals surface area contributed by atoms with Gasteiger partial charge in [-0.25, -0.2) is 9.97 Å². The van der Waals surface area contributed by atoms with Crippen LogP contribution >= 0.6 is 24.4 Å². The van der Waals surface area contributed by atoms with Crippen molar-refractivity contribution < 1.29 is 5.71 Å². The van der Waals surface area contributed by atoms with E-state index in [1.54, 1.807) is 0 Å². The molecule has 8 nitrogen and oxygen atoms in total. The van der Waals surface area contributed by atoms with Crippen LogP contribution in [-0.4, -0.2) is 54.5 Å². The molecule has 2 atom stereocenters. The second kappa shape index (κ2) is 25.3. The number of nitrogens with one attached hydrogen (secondary N) is 4. The van der Waals surface area contributed by atoms with Crippen LogP contribution in [0.2, 0.25) is 0 Å². The molecule has 0 aliphatic heterocycles. The first-order valence-corrected chi connectivity index (χ1v) is 29.8. The van der Waals surface area contributed by atoms with Gasteiger partial charge in [-0.2, -0.15) is 0 Å². The van der Waals surface area contributed by atoms with Crippen LogP contribution in [0.4, 0.5) is 0 Å². The molecule has 2 fully saturated rings. The number of aryl methyl sites for hydroxylation is 1. The number of imidazole rings is 2. The highest BCUT2D eigenvalue weighted by Gasteiger charge is 2.43. The highest BCUT2D eigenvalue weighted by Crippen LogP contribution is 2.45. The Labute approximate surface area is 479 Å². The van der Waals surface area contributed by atoms with Crippen molar-refractivity contribution in [2.24, 2.45) is 11.8 Å². The molecule has 4 aliphatic rings. The van der Waals surface area contributed by atoms with Crippen LogP contribution in [0.5, 0.6) is 0 Å². The van der Waals surface area contributed by atoms with E-state index in [2.05, 4.69) is 225 Å². The topological polar surface area (TPSA) is 83.8 Å². The molecule has 0 saturated heterocycles. The largest absolute Gasteiger partial charge is 0.362 e. The van der Waals surface area contributed by atoms with Gasteiger partial charge in [0.1, 0.15) is 11.1 Å². The normalized spacial score (nSPS) is 17.8. The maximum absolute atomic E-state index is 5.70. The molecule has 0 radical (unpaired) electrons. The number of hydrogen-bond acceptors (Lipinski definition) is 4. The summed E-state index contributed by atoms with van der Waals surface area (Å²) in [6.45, 7) is 1.78. The quantitative estimate of drug-likeness (QED) is 0.0633. The van der Waals surface area contributed by atoms with Crippen LogP contribution < -0.4 is 21.3 Å². The summed E-state index contributed by atoms with van der Waals surface area (Å²) < 4.78 is 4.92. The molecule has 2 saturated carbocycles. The Morgan fingerprint density at radius 2 is 0.744 bits per heavy atom. The van der Waals surface area contributed by atoms with Crippen LogP contribution in [0.3, 0.4) is 0 Å². The van der Waals surface area contributed by atoms with Gasteiger partial charge in [-0.3, -0.25) is 0 Å². The predicted octanol–water partition coefficient (Wildman–Crippen LogP) is 14.2. The van der Waals surface area contributed by atoms with Gasteiger partial charge in [-0.15, -0.1) is 0 Å². The average molecular weight is 1080 g/mol. The monoisotopic (exact) mass is 1080 g/mol. The van der Waals surface area contributed by atoms with Crippen molar-refractivity contribution in [3.8, 4) is 0 Å². The summed E-state index contributed by atoms with van der Waals surface area (Å²) in [4.78, 5) is 10.1. The minimum Gasteiger partial charge on any atom is -0.362 e. The first-order valence-electron chi connectivity index (χ1n) is 29.0. The van der Waals surface area contributed by atoms with E-state index in [0.29, 0.717) is 23.9 Å². The number of hydrogen-bond donors (Lipinski definition) is 4. The van der Waals surface area contributed by atoms with Crippen LogP contribution in [0.25, 0.3) is 0 Å². The van der Waals surface area contributed by atoms with E-state index >= 15 is 0 Å². The molecular formula is C68H84N8S2. The zero-order valence-corrected chi connectivity index (χ0v) is 46.8. The minimum atomic E-state index is -0.516. The van der Waals surface area contributed by atoms with E-state index in [4.69, 9.17) is 34.4 Å². The average Bonchev–Trinajstić information content (AvgIpc) is 3.94. The summed E-state index contributed by atoms with van der Waals surface area (Å²) in [7, 11) is 0. The lowest BCUT2D eigenvalue weighted by Gasteiger charge is -2.39. The van der Waals surface area contributed by atoms with Gasteiger partial charge in [0.2, 0.25) is 0 Å². The van der Waals surface area contributed by atoms with E-state index in [1.165, 1.54) is 120 Å². The third-order valence-electron chi connectivity index (χ3n) is 17.3. The minimum absolute atomic E-state index is 0. The molecule has 10 heteroatoms. The summed E-state index contributed by atoms with van der Waals surface area (Å²) >= 11 is 11.4. The first kappa shape index (κ1) is 53.1. The highest BCUT2D eigenvalue weighted by atomic mass is 32.1. The van der Waals surface area contributed by atoms with Gasteiger partial charge in [0, 0.05) is 42.3 Å². The number of thiocarbonyl (C=S) groups is 2. The maximum Gasteiger partial charge on any atom is 0.166 e. The van der Waals surface area contributed by atoms with Gasteiger partial charge in [0.05, 0.1) is 24.0 Å². The standard InChI is InChI=1S/2C34H38N4S.4H2/c39-33(37-30-19-11-4-12-20-30)35-24-26-21-22-32-31(23-26)36-25-38(32)34(27-13-5-1-6-14-27,28-15-7-2-8-16-28)29-17-9-3-10-18-29;39-33(37-30-19-11-4-12-20-30)35-24-26-21-22-31-32(23-26)38(25-36-31)34(27-13-5-1-6-14-27,28-15-7-2-8-16-28)29-17-9-3-10-18-29;;;;/h2*1-3,5-10,13-18,25-26,30H,4,11-12,19-24H2,(H2,35,37,39);4*1H. The van der Waals surface area contributed by atoms with Crippen molar-refractivity contribution in [3.63, 3.8) is 0 Å². The number of fused-ring (bicyclic) bond motifs is 2. The molecule has 78 heavy (non-hydrogen) atoms. The third-order valence-corrected chi connectivity index (χ3v) is 17.8. The fourth-order valence-electron chi connectivity index (χ4n) is 13.4. The number of aromatic nitrogens is 4.